The Morgan fingerprint density at radius 3 is 2.43 bits per heavy atom. The predicted molar refractivity (Wildman–Crippen MR) is 171 cm³/mol. The number of ketones is 2. The average Bonchev–Trinajstić information content (AvgIpc) is 2.96. The highest BCUT2D eigenvalue weighted by atomic mass is 16.2. The van der Waals surface area contributed by atoms with Crippen molar-refractivity contribution in [3.05, 3.63) is 47.7 Å². The largest absolute Gasteiger partial charge is 0.311 e. The van der Waals surface area contributed by atoms with E-state index < -0.39 is 10.8 Å². The molecule has 1 N–H and O–H groups in total. The van der Waals surface area contributed by atoms with E-state index in [-0.39, 0.29) is 62.5 Å². The summed E-state index contributed by atoms with van der Waals surface area (Å²) in [5.74, 6) is 0.841. The number of nitrogens with one attached hydrogen (secondary N) is 1. The van der Waals surface area contributed by atoms with Crippen LogP contribution in [0.4, 0.5) is 5.82 Å². The molecule has 0 bridgehead atoms. The topological polar surface area (TPSA) is 99.9 Å². The molecule has 3 fully saturated rings. The highest BCUT2D eigenvalue weighted by molar-refractivity contribution is 6.04. The Hall–Kier alpha value is -3.07. The highest BCUT2D eigenvalue weighted by Crippen LogP contribution is 2.75. The van der Waals surface area contributed by atoms with E-state index >= 15 is 0 Å². The number of nitriles is 1. The summed E-state index contributed by atoms with van der Waals surface area (Å²) in [6.07, 6.45) is 13.7. The van der Waals surface area contributed by atoms with Crippen LogP contribution in [0.1, 0.15) is 106 Å². The van der Waals surface area contributed by atoms with Crippen LogP contribution in [-0.2, 0) is 14.4 Å². The van der Waals surface area contributed by atoms with Crippen LogP contribution in [0.25, 0.3) is 0 Å². The lowest BCUT2D eigenvalue weighted by Crippen LogP contribution is -2.64. The van der Waals surface area contributed by atoms with Crippen LogP contribution >= 0.6 is 0 Å². The minimum absolute atomic E-state index is 0.0140. The summed E-state index contributed by atoms with van der Waals surface area (Å²) in [5.41, 5.74) is -0.205. The Labute approximate surface area is 263 Å². The molecule has 2 unspecified atom stereocenters. The van der Waals surface area contributed by atoms with E-state index in [4.69, 9.17) is 0 Å². The smallest absolute Gasteiger partial charge is 0.225 e. The number of pyridine rings is 1. The van der Waals surface area contributed by atoms with E-state index in [1.807, 2.05) is 44.2 Å². The van der Waals surface area contributed by atoms with E-state index in [0.29, 0.717) is 12.2 Å². The second kappa shape index (κ2) is 9.96. The third kappa shape index (κ3) is 4.31. The molecule has 3 saturated carbocycles. The van der Waals surface area contributed by atoms with Gasteiger partial charge in [-0.2, -0.15) is 5.26 Å². The number of allylic oxidation sites excluding steroid dienone is 4. The van der Waals surface area contributed by atoms with Crippen LogP contribution < -0.4 is 5.32 Å². The van der Waals surface area contributed by atoms with Gasteiger partial charge < -0.3 is 5.32 Å². The first kappa shape index (κ1) is 30.9. The molecule has 234 valence electrons. The van der Waals surface area contributed by atoms with Gasteiger partial charge >= 0.3 is 0 Å². The first-order chi connectivity index (χ1) is 20.5. The van der Waals surface area contributed by atoms with Crippen LogP contribution in [0.2, 0.25) is 0 Å². The molecule has 1 aromatic rings. The number of nitrogens with zero attached hydrogens (tertiary/aromatic N) is 2. The molecule has 7 atom stereocenters. The third-order valence-corrected chi connectivity index (χ3v) is 13.8. The minimum atomic E-state index is -0.664. The molecule has 1 heterocycles. The Kier molecular flexibility index (Phi) is 7.01. The van der Waals surface area contributed by atoms with Gasteiger partial charge in [-0.3, -0.25) is 14.4 Å². The number of anilines is 1. The number of Topliss-reactive ketones (excluding diaryl/α,β-unsaturated/α-hetero) is 1. The second-order valence-electron chi connectivity index (χ2n) is 16.9. The standard InChI is InChI=1S/C38H49N3O3/c1-33(2)15-17-38(14-12-30(43)41-29-10-8-9-19-40-29)18-16-37(7)31(25(38)22-33)26(42)20-28-35(5)21-24(23-39)32(44)34(3,4)27(35)11-13-36(28,37)6/h8-10,19-21,25,27,31H,11-18,22H2,1-7H3,(H,40,41,43)/t25?,27-,31?,35-,36+,37+,38+/m0/s1. The lowest BCUT2D eigenvalue weighted by Gasteiger charge is -2.69. The second-order valence-corrected chi connectivity index (χ2v) is 16.9. The Bertz CT molecular complexity index is 1510. The molecule has 0 radical (unpaired) electrons. The molecule has 5 aliphatic rings. The van der Waals surface area contributed by atoms with Gasteiger partial charge in [0.15, 0.2) is 11.6 Å². The molecule has 6 nitrogen and oxygen atoms in total. The van der Waals surface area contributed by atoms with Crippen molar-refractivity contribution in [3.8, 4) is 6.07 Å². The number of carbonyl (C=O) groups excluding carboxylic acids is 3. The zero-order valence-corrected chi connectivity index (χ0v) is 27.7. The summed E-state index contributed by atoms with van der Waals surface area (Å²) in [6, 6.07) is 7.73. The monoisotopic (exact) mass is 595 g/mol. The lowest BCUT2D eigenvalue weighted by molar-refractivity contribution is -0.172. The van der Waals surface area contributed by atoms with Crippen molar-refractivity contribution in [2.45, 2.75) is 106 Å². The molecule has 0 aromatic carbocycles. The number of rotatable bonds is 4. The third-order valence-electron chi connectivity index (χ3n) is 13.8. The zero-order valence-electron chi connectivity index (χ0n) is 27.7. The lowest BCUT2D eigenvalue weighted by atomic mass is 9.34. The normalized spacial score (nSPS) is 40.2. The highest BCUT2D eigenvalue weighted by Gasteiger charge is 2.69. The van der Waals surface area contributed by atoms with Gasteiger partial charge in [0.1, 0.15) is 11.9 Å². The Morgan fingerprint density at radius 1 is 1.02 bits per heavy atom. The fourth-order valence-electron chi connectivity index (χ4n) is 11.2. The maximum atomic E-state index is 14.7. The van der Waals surface area contributed by atoms with Crippen molar-refractivity contribution >= 4 is 23.3 Å². The zero-order chi connectivity index (χ0) is 31.9. The molecule has 0 aliphatic heterocycles. The number of amides is 1. The van der Waals surface area contributed by atoms with Gasteiger partial charge in [-0.1, -0.05) is 66.2 Å². The van der Waals surface area contributed by atoms with Crippen molar-refractivity contribution in [1.29, 1.82) is 5.26 Å². The molecule has 6 rings (SSSR count). The van der Waals surface area contributed by atoms with Crippen molar-refractivity contribution < 1.29 is 14.4 Å². The number of hydrogen-bond acceptors (Lipinski definition) is 5. The molecule has 0 spiro atoms. The van der Waals surface area contributed by atoms with Gasteiger partial charge in [0.25, 0.3) is 0 Å². The fraction of sp³-hybridized carbons (Fsp3) is 0.658. The van der Waals surface area contributed by atoms with Crippen LogP contribution in [0.3, 0.4) is 0 Å². The summed E-state index contributed by atoms with van der Waals surface area (Å²) < 4.78 is 0. The molecular weight excluding hydrogens is 546 g/mol. The number of hydrogen-bond donors (Lipinski definition) is 1. The number of aromatic nitrogens is 1. The van der Waals surface area contributed by atoms with E-state index in [1.54, 1.807) is 6.20 Å². The number of fused-ring (bicyclic) bond motifs is 7. The van der Waals surface area contributed by atoms with Crippen LogP contribution in [-0.4, -0.2) is 22.5 Å². The summed E-state index contributed by atoms with van der Waals surface area (Å²) in [7, 11) is 0. The van der Waals surface area contributed by atoms with Gasteiger partial charge in [0, 0.05) is 29.4 Å². The quantitative estimate of drug-likeness (QED) is 0.380. The van der Waals surface area contributed by atoms with Crippen LogP contribution in [0.5, 0.6) is 0 Å². The van der Waals surface area contributed by atoms with E-state index in [9.17, 15) is 19.6 Å². The summed E-state index contributed by atoms with van der Waals surface area (Å²) >= 11 is 0. The van der Waals surface area contributed by atoms with Crippen molar-refractivity contribution in [2.24, 2.45) is 50.2 Å². The molecule has 6 heteroatoms. The van der Waals surface area contributed by atoms with Crippen molar-refractivity contribution in [1.82, 2.24) is 4.98 Å². The Balaban J connectivity index is 1.39. The van der Waals surface area contributed by atoms with Crippen molar-refractivity contribution in [3.63, 3.8) is 0 Å². The average molecular weight is 596 g/mol. The van der Waals surface area contributed by atoms with Gasteiger partial charge in [0.2, 0.25) is 5.91 Å². The van der Waals surface area contributed by atoms with Gasteiger partial charge in [0.05, 0.1) is 5.57 Å². The molecule has 1 amide bonds. The first-order valence-electron chi connectivity index (χ1n) is 16.7. The SMILES string of the molecule is CC1(C)CC[C@]2(CCC(=O)Nc3ccccn3)CC[C@]3(C)C(C(=O)C=C4[C@@]5(C)C=C(C#N)C(=O)C(C)(C)[C@@H]5CC[C@]43C)C2C1. The minimum Gasteiger partial charge on any atom is -0.311 e. The van der Waals surface area contributed by atoms with Gasteiger partial charge in [-0.05, 0) is 103 Å². The summed E-state index contributed by atoms with van der Waals surface area (Å²) in [5, 5.41) is 12.9. The first-order valence-corrected chi connectivity index (χ1v) is 16.7. The number of carbonyl (C=O) groups is 3. The summed E-state index contributed by atoms with van der Waals surface area (Å²) in [4.78, 5) is 45.4. The van der Waals surface area contributed by atoms with E-state index in [1.165, 1.54) is 0 Å². The molecule has 5 aliphatic carbocycles. The molecular formula is C38H49N3O3. The van der Waals surface area contributed by atoms with E-state index in [0.717, 1.165) is 56.9 Å². The fourth-order valence-corrected chi connectivity index (χ4v) is 11.2. The molecule has 1 aromatic heterocycles. The molecule has 44 heavy (non-hydrogen) atoms. The maximum absolute atomic E-state index is 14.7. The Morgan fingerprint density at radius 2 is 1.75 bits per heavy atom. The predicted octanol–water partition coefficient (Wildman–Crippen LogP) is 8.02. The van der Waals surface area contributed by atoms with Crippen LogP contribution in [0.15, 0.2) is 47.7 Å². The van der Waals surface area contributed by atoms with Crippen LogP contribution in [0, 0.1) is 61.6 Å². The van der Waals surface area contributed by atoms with Gasteiger partial charge in [-0.15, -0.1) is 0 Å². The maximum Gasteiger partial charge on any atom is 0.225 e. The van der Waals surface area contributed by atoms with E-state index in [2.05, 4.69) is 51.0 Å². The molecule has 0 saturated heterocycles. The van der Waals surface area contributed by atoms with Crippen molar-refractivity contribution in [2.75, 3.05) is 5.32 Å². The van der Waals surface area contributed by atoms with Gasteiger partial charge in [-0.25, -0.2) is 4.98 Å². The summed E-state index contributed by atoms with van der Waals surface area (Å²) in [6.45, 7) is 15.6.